The molecule has 1 aliphatic rings. The van der Waals surface area contributed by atoms with Gasteiger partial charge in [-0.3, -0.25) is 4.79 Å². The van der Waals surface area contributed by atoms with Crippen LogP contribution in [0.15, 0.2) is 57.6 Å². The Kier molecular flexibility index (Phi) is 6.92. The van der Waals surface area contributed by atoms with E-state index < -0.39 is 34.4 Å². The fourth-order valence-corrected chi connectivity index (χ4v) is 5.10. The molecule has 0 saturated carbocycles. The van der Waals surface area contributed by atoms with Gasteiger partial charge in [0.05, 0.1) is 11.5 Å². The molecule has 0 spiro atoms. The number of hydrogen-bond acceptors (Lipinski definition) is 6. The van der Waals surface area contributed by atoms with Gasteiger partial charge in [-0.2, -0.15) is 0 Å². The molecule has 0 bridgehead atoms. The van der Waals surface area contributed by atoms with E-state index in [0.717, 1.165) is 5.56 Å². The first-order valence-corrected chi connectivity index (χ1v) is 11.6. The zero-order chi connectivity index (χ0) is 20.9. The van der Waals surface area contributed by atoms with Crippen molar-refractivity contribution in [3.8, 4) is 0 Å². The number of ether oxygens (including phenoxy) is 1. The van der Waals surface area contributed by atoms with Crippen molar-refractivity contribution in [1.29, 1.82) is 0 Å². The normalized spacial score (nSPS) is 18.0. The van der Waals surface area contributed by atoms with E-state index in [4.69, 9.17) is 9.15 Å². The van der Waals surface area contributed by atoms with Gasteiger partial charge in [0.2, 0.25) is 0 Å². The van der Waals surface area contributed by atoms with Gasteiger partial charge in [-0.25, -0.2) is 13.2 Å². The lowest BCUT2D eigenvalue weighted by atomic mass is 10.1. The van der Waals surface area contributed by atoms with E-state index in [9.17, 15) is 18.0 Å². The van der Waals surface area contributed by atoms with Crippen molar-refractivity contribution in [3.05, 3.63) is 64.5 Å². The second-order valence-corrected chi connectivity index (χ2v) is 9.66. The second-order valence-electron chi connectivity index (χ2n) is 6.65. The molecule has 7 nitrogen and oxygen atoms in total. The molecule has 1 fully saturated rings. The molecule has 1 aromatic carbocycles. The van der Waals surface area contributed by atoms with Gasteiger partial charge in [0.1, 0.15) is 5.76 Å². The zero-order valence-corrected chi connectivity index (χ0v) is 17.9. The molecule has 29 heavy (non-hydrogen) atoms. The Labute approximate surface area is 177 Å². The van der Waals surface area contributed by atoms with E-state index in [-0.39, 0.29) is 18.1 Å². The molecule has 1 aromatic heterocycles. The highest BCUT2D eigenvalue weighted by atomic mass is 79.9. The number of carbonyl (C=O) groups is 2. The molecule has 0 N–H and O–H groups in total. The summed E-state index contributed by atoms with van der Waals surface area (Å²) in [6.45, 7) is -0.206. The fourth-order valence-electron chi connectivity index (χ4n) is 3.05. The van der Waals surface area contributed by atoms with Gasteiger partial charge in [-0.1, -0.05) is 30.3 Å². The summed E-state index contributed by atoms with van der Waals surface area (Å²) in [5, 5.41) is 0. The van der Waals surface area contributed by atoms with Crippen molar-refractivity contribution >= 4 is 43.7 Å². The van der Waals surface area contributed by atoms with Crippen LogP contribution in [0.5, 0.6) is 0 Å². The van der Waals surface area contributed by atoms with Gasteiger partial charge in [-0.15, -0.1) is 0 Å². The number of halogens is 1. The summed E-state index contributed by atoms with van der Waals surface area (Å²) < 4.78 is 34.5. The van der Waals surface area contributed by atoms with Crippen LogP contribution in [0.3, 0.4) is 0 Å². The number of amides is 1. The van der Waals surface area contributed by atoms with Gasteiger partial charge >= 0.3 is 5.97 Å². The maximum absolute atomic E-state index is 12.7. The van der Waals surface area contributed by atoms with Crippen LogP contribution in [0.25, 0.3) is 6.08 Å². The summed E-state index contributed by atoms with van der Waals surface area (Å²) in [5.41, 5.74) is 0.875. The Hall–Kier alpha value is -2.39. The van der Waals surface area contributed by atoms with Crippen LogP contribution in [-0.2, 0) is 30.7 Å². The minimum absolute atomic E-state index is 0.0530. The van der Waals surface area contributed by atoms with Gasteiger partial charge in [0.25, 0.3) is 5.91 Å². The smallest absolute Gasteiger partial charge is 0.331 e. The van der Waals surface area contributed by atoms with E-state index in [2.05, 4.69) is 15.9 Å². The van der Waals surface area contributed by atoms with E-state index in [1.165, 1.54) is 17.1 Å². The third-order valence-corrected chi connectivity index (χ3v) is 6.66. The fraction of sp³-hybridized carbons (Fsp3) is 0.300. The van der Waals surface area contributed by atoms with E-state index in [0.29, 0.717) is 16.9 Å². The zero-order valence-electron chi connectivity index (χ0n) is 15.5. The molecular weight excluding hydrogens is 462 g/mol. The van der Waals surface area contributed by atoms with Gasteiger partial charge in [0.15, 0.2) is 21.1 Å². The first-order valence-electron chi connectivity index (χ1n) is 8.96. The lowest BCUT2D eigenvalue weighted by Crippen LogP contribution is -2.42. The van der Waals surface area contributed by atoms with Crippen LogP contribution >= 0.6 is 15.9 Å². The number of furan rings is 1. The number of benzene rings is 1. The topological polar surface area (TPSA) is 93.9 Å². The monoisotopic (exact) mass is 481 g/mol. The summed E-state index contributed by atoms with van der Waals surface area (Å²) in [6.07, 6.45) is 2.98. The van der Waals surface area contributed by atoms with Crippen LogP contribution < -0.4 is 0 Å². The van der Waals surface area contributed by atoms with Crippen LogP contribution in [-0.4, -0.2) is 49.3 Å². The Balaban J connectivity index is 1.62. The highest BCUT2D eigenvalue weighted by Gasteiger charge is 2.34. The van der Waals surface area contributed by atoms with Crippen LogP contribution in [0.4, 0.5) is 0 Å². The minimum atomic E-state index is -3.16. The molecule has 1 aliphatic heterocycles. The molecule has 1 saturated heterocycles. The van der Waals surface area contributed by atoms with E-state index in [1.807, 2.05) is 30.3 Å². The summed E-state index contributed by atoms with van der Waals surface area (Å²) in [6, 6.07) is 12.2. The summed E-state index contributed by atoms with van der Waals surface area (Å²) in [7, 11) is -3.16. The maximum Gasteiger partial charge on any atom is 0.331 e. The Bertz CT molecular complexity index is 999. The average Bonchev–Trinajstić information content (AvgIpc) is 3.28. The third kappa shape index (κ3) is 6.30. The van der Waals surface area contributed by atoms with Crippen molar-refractivity contribution < 1.29 is 27.2 Å². The lowest BCUT2D eigenvalue weighted by molar-refractivity contribution is -0.149. The first kappa shape index (κ1) is 21.3. The Morgan fingerprint density at radius 1 is 1.21 bits per heavy atom. The molecule has 3 rings (SSSR count). The largest absolute Gasteiger partial charge is 0.452 e. The molecule has 1 amide bonds. The van der Waals surface area contributed by atoms with Crippen molar-refractivity contribution in [2.24, 2.45) is 0 Å². The molecule has 2 aromatic rings. The number of hydrogen-bond donors (Lipinski definition) is 0. The molecule has 2 heterocycles. The van der Waals surface area contributed by atoms with Crippen LogP contribution in [0, 0.1) is 0 Å². The third-order valence-electron chi connectivity index (χ3n) is 4.48. The number of nitrogens with zero attached hydrogens (tertiary/aromatic N) is 1. The molecule has 0 radical (unpaired) electrons. The van der Waals surface area contributed by atoms with Crippen LogP contribution in [0.1, 0.15) is 17.7 Å². The van der Waals surface area contributed by atoms with Gasteiger partial charge < -0.3 is 14.1 Å². The van der Waals surface area contributed by atoms with Gasteiger partial charge in [-0.05, 0) is 46.1 Å². The molecule has 9 heteroatoms. The molecular formula is C20H20BrNO6S. The van der Waals surface area contributed by atoms with Crippen molar-refractivity contribution in [2.75, 3.05) is 18.1 Å². The lowest BCUT2D eigenvalue weighted by Gasteiger charge is -2.28. The molecule has 0 aliphatic carbocycles. The van der Waals surface area contributed by atoms with Gasteiger partial charge in [0, 0.05) is 18.7 Å². The van der Waals surface area contributed by atoms with Crippen molar-refractivity contribution in [1.82, 2.24) is 4.90 Å². The van der Waals surface area contributed by atoms with Crippen LogP contribution in [0.2, 0.25) is 0 Å². The predicted octanol–water partition coefficient (Wildman–Crippen LogP) is 2.81. The molecule has 154 valence electrons. The standard InChI is InChI=1S/C20H20BrNO6S/c21-18-8-6-17(28-18)7-9-20(24)27-13-19(23)22(12-15-4-2-1-3-5-15)16-10-11-29(25,26)14-16/h1-9,16H,10-14H2/b9-7+/t16-/m0/s1. The number of sulfone groups is 1. The van der Waals surface area contributed by atoms with Crippen molar-refractivity contribution in [2.45, 2.75) is 19.0 Å². The second kappa shape index (κ2) is 9.41. The quantitative estimate of drug-likeness (QED) is 0.445. The number of rotatable bonds is 7. The number of esters is 1. The Morgan fingerprint density at radius 2 is 1.97 bits per heavy atom. The predicted molar refractivity (Wildman–Crippen MR) is 110 cm³/mol. The van der Waals surface area contributed by atoms with Crippen molar-refractivity contribution in [3.63, 3.8) is 0 Å². The minimum Gasteiger partial charge on any atom is -0.452 e. The molecule has 1 atom stereocenters. The summed E-state index contributed by atoms with van der Waals surface area (Å²) in [5.74, 6) is -0.686. The highest BCUT2D eigenvalue weighted by molar-refractivity contribution is 9.10. The first-order chi connectivity index (χ1) is 13.8. The average molecular weight is 482 g/mol. The highest BCUT2D eigenvalue weighted by Crippen LogP contribution is 2.20. The SMILES string of the molecule is O=C(/C=C/c1ccc(Br)o1)OCC(=O)N(Cc1ccccc1)[C@H]1CCS(=O)(=O)C1. The molecule has 0 unspecified atom stereocenters. The number of carbonyl (C=O) groups excluding carboxylic acids is 2. The maximum atomic E-state index is 12.7. The van der Waals surface area contributed by atoms with E-state index in [1.54, 1.807) is 12.1 Å². The summed E-state index contributed by atoms with van der Waals surface area (Å²) in [4.78, 5) is 26.1. The summed E-state index contributed by atoms with van der Waals surface area (Å²) >= 11 is 3.16. The Morgan fingerprint density at radius 3 is 2.59 bits per heavy atom. The van der Waals surface area contributed by atoms with E-state index >= 15 is 0 Å².